The minimum atomic E-state index is -1.17. The number of hydrogen-bond acceptors (Lipinski definition) is 4. The van der Waals surface area contributed by atoms with E-state index in [-0.39, 0.29) is 13.0 Å². The van der Waals surface area contributed by atoms with Gasteiger partial charge in [-0.05, 0) is 12.8 Å². The largest absolute Gasteiger partial charge is 0.480 e. The predicted molar refractivity (Wildman–Crippen MR) is 58.8 cm³/mol. The summed E-state index contributed by atoms with van der Waals surface area (Å²) in [4.78, 5) is 22.5. The monoisotopic (exact) mass is 232 g/mol. The third-order valence-electron chi connectivity index (χ3n) is 2.74. The van der Waals surface area contributed by atoms with Gasteiger partial charge in [0.2, 0.25) is 5.91 Å². The molecule has 0 unspecified atom stereocenters. The fourth-order valence-electron chi connectivity index (χ4n) is 1.26. The van der Waals surface area contributed by atoms with Gasteiger partial charge in [-0.1, -0.05) is 13.8 Å². The highest BCUT2D eigenvalue weighted by Crippen LogP contribution is 2.11. The Morgan fingerprint density at radius 3 is 2.19 bits per heavy atom. The summed E-state index contributed by atoms with van der Waals surface area (Å²) < 4.78 is 0. The summed E-state index contributed by atoms with van der Waals surface area (Å²) in [5.74, 6) is -1.66. The van der Waals surface area contributed by atoms with E-state index >= 15 is 0 Å². The Morgan fingerprint density at radius 1 is 1.38 bits per heavy atom. The lowest BCUT2D eigenvalue weighted by Gasteiger charge is -2.27. The quantitative estimate of drug-likeness (QED) is 0.470. The molecule has 16 heavy (non-hydrogen) atoms. The Labute approximate surface area is 94.8 Å². The molecule has 0 radical (unpaired) electrons. The molecule has 0 aromatic rings. The van der Waals surface area contributed by atoms with Crippen LogP contribution in [0.5, 0.6) is 0 Å². The van der Waals surface area contributed by atoms with E-state index in [0.29, 0.717) is 12.8 Å². The zero-order valence-electron chi connectivity index (χ0n) is 9.69. The summed E-state index contributed by atoms with van der Waals surface area (Å²) in [6.45, 7) is 3.24. The maximum atomic E-state index is 11.7. The van der Waals surface area contributed by atoms with Crippen LogP contribution in [-0.2, 0) is 9.59 Å². The highest BCUT2D eigenvalue weighted by molar-refractivity contribution is 5.89. The molecule has 5 N–H and O–H groups in total. The zero-order chi connectivity index (χ0) is 12.8. The van der Waals surface area contributed by atoms with Crippen molar-refractivity contribution in [2.24, 2.45) is 5.73 Å². The van der Waals surface area contributed by atoms with Crippen LogP contribution < -0.4 is 11.1 Å². The van der Waals surface area contributed by atoms with Crippen molar-refractivity contribution >= 4 is 11.9 Å². The molecular formula is C10H20N2O4. The molecular weight excluding hydrogens is 212 g/mol. The number of aliphatic carboxylic acids is 1. The highest BCUT2D eigenvalue weighted by Gasteiger charge is 2.32. The Morgan fingerprint density at radius 2 is 1.88 bits per heavy atom. The number of hydrogen-bond donors (Lipinski definition) is 4. The Bertz CT molecular complexity index is 251. The minimum Gasteiger partial charge on any atom is -0.480 e. The van der Waals surface area contributed by atoms with E-state index in [4.69, 9.17) is 15.9 Å². The van der Waals surface area contributed by atoms with Crippen LogP contribution in [0, 0.1) is 0 Å². The number of nitrogens with two attached hydrogens (primary N) is 1. The average molecular weight is 232 g/mol. The lowest BCUT2D eigenvalue weighted by Crippen LogP contribution is -2.57. The Kier molecular flexibility index (Phi) is 5.98. The summed E-state index contributed by atoms with van der Waals surface area (Å²) in [5, 5.41) is 19.8. The van der Waals surface area contributed by atoms with Crippen LogP contribution in [0.1, 0.15) is 33.1 Å². The molecule has 0 bridgehead atoms. The number of amides is 1. The number of aliphatic hydroxyl groups is 1. The molecule has 0 aromatic carbocycles. The van der Waals surface area contributed by atoms with Crippen molar-refractivity contribution in [1.29, 1.82) is 0 Å². The van der Waals surface area contributed by atoms with Gasteiger partial charge in [-0.2, -0.15) is 0 Å². The summed E-state index contributed by atoms with van der Waals surface area (Å²) in [7, 11) is 0. The van der Waals surface area contributed by atoms with Gasteiger partial charge >= 0.3 is 5.97 Å². The first kappa shape index (κ1) is 14.9. The minimum absolute atomic E-state index is 0.0232. The molecule has 0 aliphatic rings. The second-order valence-electron chi connectivity index (χ2n) is 3.74. The molecule has 6 nitrogen and oxygen atoms in total. The summed E-state index contributed by atoms with van der Waals surface area (Å²) in [6.07, 6.45) is 0.839. The molecule has 0 saturated carbocycles. The number of nitrogens with one attached hydrogen (secondary N) is 1. The van der Waals surface area contributed by atoms with Gasteiger partial charge in [0.25, 0.3) is 0 Å². The molecule has 1 atom stereocenters. The van der Waals surface area contributed by atoms with Crippen molar-refractivity contribution in [1.82, 2.24) is 5.32 Å². The predicted octanol–water partition coefficient (Wildman–Crippen LogP) is -0.544. The van der Waals surface area contributed by atoms with Gasteiger partial charge < -0.3 is 21.3 Å². The van der Waals surface area contributed by atoms with E-state index in [2.05, 4.69) is 5.32 Å². The number of carbonyl (C=O) groups excluding carboxylic acids is 1. The van der Waals surface area contributed by atoms with Crippen molar-refractivity contribution < 1.29 is 19.8 Å². The second kappa shape index (κ2) is 6.44. The maximum Gasteiger partial charge on any atom is 0.326 e. The third-order valence-corrected chi connectivity index (χ3v) is 2.74. The first-order valence-electron chi connectivity index (χ1n) is 5.34. The molecule has 94 valence electrons. The van der Waals surface area contributed by atoms with Gasteiger partial charge in [-0.25, -0.2) is 4.79 Å². The summed E-state index contributed by atoms with van der Waals surface area (Å²) >= 11 is 0. The molecule has 0 spiro atoms. The van der Waals surface area contributed by atoms with Crippen molar-refractivity contribution in [2.45, 2.75) is 44.7 Å². The van der Waals surface area contributed by atoms with E-state index in [1.807, 2.05) is 0 Å². The van der Waals surface area contributed by atoms with E-state index in [0.717, 1.165) is 0 Å². The SMILES string of the molecule is CCC(N)(CC)C(=O)N[C@H](CCO)C(=O)O. The van der Waals surface area contributed by atoms with Crippen molar-refractivity contribution in [2.75, 3.05) is 6.61 Å². The van der Waals surface area contributed by atoms with Crippen molar-refractivity contribution in [3.63, 3.8) is 0 Å². The van der Waals surface area contributed by atoms with Crippen LogP contribution in [0.15, 0.2) is 0 Å². The van der Waals surface area contributed by atoms with Crippen LogP contribution in [0.4, 0.5) is 0 Å². The van der Waals surface area contributed by atoms with E-state index in [9.17, 15) is 9.59 Å². The fourth-order valence-corrected chi connectivity index (χ4v) is 1.26. The molecule has 0 heterocycles. The second-order valence-corrected chi connectivity index (χ2v) is 3.74. The summed E-state index contributed by atoms with van der Waals surface area (Å²) in [5.41, 5.74) is 4.78. The first-order valence-corrected chi connectivity index (χ1v) is 5.34. The molecule has 1 amide bonds. The van der Waals surface area contributed by atoms with Crippen LogP contribution in [0.2, 0.25) is 0 Å². The molecule has 0 fully saturated rings. The van der Waals surface area contributed by atoms with Gasteiger partial charge in [0.05, 0.1) is 5.54 Å². The summed E-state index contributed by atoms with van der Waals surface area (Å²) in [6, 6.07) is -1.08. The molecule has 6 heteroatoms. The Hall–Kier alpha value is -1.14. The number of aliphatic hydroxyl groups excluding tert-OH is 1. The van der Waals surface area contributed by atoms with Crippen LogP contribution in [0.3, 0.4) is 0 Å². The van der Waals surface area contributed by atoms with Crippen molar-refractivity contribution in [3.05, 3.63) is 0 Å². The van der Waals surface area contributed by atoms with Gasteiger partial charge in [-0.3, -0.25) is 4.79 Å². The van der Waals surface area contributed by atoms with Gasteiger partial charge in [0.1, 0.15) is 6.04 Å². The van der Waals surface area contributed by atoms with E-state index in [1.165, 1.54) is 0 Å². The normalized spacial score (nSPS) is 13.2. The number of rotatable bonds is 7. The number of carboxylic acids is 1. The van der Waals surface area contributed by atoms with Gasteiger partial charge in [0, 0.05) is 13.0 Å². The molecule has 0 saturated heterocycles. The van der Waals surface area contributed by atoms with E-state index < -0.39 is 23.5 Å². The van der Waals surface area contributed by atoms with Gasteiger partial charge in [0.15, 0.2) is 0 Å². The van der Waals surface area contributed by atoms with Gasteiger partial charge in [-0.15, -0.1) is 0 Å². The molecule has 0 aliphatic heterocycles. The zero-order valence-corrected chi connectivity index (χ0v) is 9.69. The fraction of sp³-hybridized carbons (Fsp3) is 0.800. The van der Waals surface area contributed by atoms with Crippen molar-refractivity contribution in [3.8, 4) is 0 Å². The lowest BCUT2D eigenvalue weighted by molar-refractivity contribution is -0.143. The molecule has 0 aromatic heterocycles. The van der Waals surface area contributed by atoms with Crippen LogP contribution in [-0.4, -0.2) is 40.3 Å². The lowest BCUT2D eigenvalue weighted by atomic mass is 9.92. The number of carbonyl (C=O) groups is 2. The smallest absolute Gasteiger partial charge is 0.326 e. The maximum absolute atomic E-state index is 11.7. The van der Waals surface area contributed by atoms with Crippen LogP contribution in [0.25, 0.3) is 0 Å². The molecule has 0 aliphatic carbocycles. The number of carboxylic acid groups (broad SMARTS) is 1. The molecule has 0 rings (SSSR count). The van der Waals surface area contributed by atoms with E-state index in [1.54, 1.807) is 13.8 Å². The first-order chi connectivity index (χ1) is 7.41. The Balaban J connectivity index is 4.56. The average Bonchev–Trinajstić information content (AvgIpc) is 2.26. The third kappa shape index (κ3) is 3.79. The highest BCUT2D eigenvalue weighted by atomic mass is 16.4. The topological polar surface area (TPSA) is 113 Å². The standard InChI is InChI=1S/C10H20N2O4/c1-3-10(11,4-2)9(16)12-7(5-6-13)8(14)15/h7,13H,3-6,11H2,1-2H3,(H,12,16)(H,14,15)/t7-/m1/s1. The van der Waals surface area contributed by atoms with Crippen LogP contribution >= 0.6 is 0 Å².